The van der Waals surface area contributed by atoms with Crippen LogP contribution in [-0.4, -0.2) is 9.55 Å². The first-order valence-electron chi connectivity index (χ1n) is 14.2. The maximum absolute atomic E-state index is 5.40. The number of hydrogen-bond acceptors (Lipinski definition) is 2. The second kappa shape index (κ2) is 10.3. The summed E-state index contributed by atoms with van der Waals surface area (Å²) < 4.78 is 4.95. The van der Waals surface area contributed by atoms with E-state index in [2.05, 4.69) is 162 Å². The van der Waals surface area contributed by atoms with Crippen LogP contribution in [0, 0.1) is 0 Å². The SMILES string of the molecule is c1ccc(-c2nc(-c3cccc(-c4cccc5c4sc4ccccc45)c3)n(-c3ccccc3)c2-c2ccccc2)cc1. The molecule has 3 heteroatoms. The normalized spacial score (nSPS) is 11.3. The summed E-state index contributed by atoms with van der Waals surface area (Å²) >= 11 is 1.87. The highest BCUT2D eigenvalue weighted by Crippen LogP contribution is 2.42. The Balaban J connectivity index is 1.39. The van der Waals surface area contributed by atoms with Gasteiger partial charge in [-0.2, -0.15) is 0 Å². The Labute approximate surface area is 248 Å². The first-order valence-corrected chi connectivity index (χ1v) is 15.0. The van der Waals surface area contributed by atoms with Gasteiger partial charge in [0.15, 0.2) is 0 Å². The van der Waals surface area contributed by atoms with Gasteiger partial charge in [-0.3, -0.25) is 4.57 Å². The number of aromatic nitrogens is 2. The molecule has 8 aromatic rings. The molecule has 2 aromatic heterocycles. The van der Waals surface area contributed by atoms with Gasteiger partial charge in [-0.15, -0.1) is 11.3 Å². The second-order valence-electron chi connectivity index (χ2n) is 10.4. The summed E-state index contributed by atoms with van der Waals surface area (Å²) in [5, 5.41) is 2.62. The van der Waals surface area contributed by atoms with E-state index in [1.165, 1.54) is 31.3 Å². The van der Waals surface area contributed by atoms with Crippen molar-refractivity contribution in [1.29, 1.82) is 0 Å². The van der Waals surface area contributed by atoms with Crippen LogP contribution in [0.1, 0.15) is 0 Å². The molecule has 42 heavy (non-hydrogen) atoms. The molecular weight excluding hydrogens is 529 g/mol. The molecule has 0 bridgehead atoms. The van der Waals surface area contributed by atoms with Crippen molar-refractivity contribution in [3.8, 4) is 50.7 Å². The van der Waals surface area contributed by atoms with E-state index in [-0.39, 0.29) is 0 Å². The minimum atomic E-state index is 0.921. The minimum Gasteiger partial charge on any atom is -0.292 e. The zero-order chi connectivity index (χ0) is 27.9. The first kappa shape index (κ1) is 24.5. The smallest absolute Gasteiger partial charge is 0.145 e. The molecule has 0 amide bonds. The Morgan fingerprint density at radius 1 is 0.476 bits per heavy atom. The van der Waals surface area contributed by atoms with Gasteiger partial charge < -0.3 is 0 Å². The highest BCUT2D eigenvalue weighted by Gasteiger charge is 2.22. The predicted octanol–water partition coefficient (Wildman–Crippen LogP) is 10.9. The largest absolute Gasteiger partial charge is 0.292 e. The van der Waals surface area contributed by atoms with Gasteiger partial charge in [0.25, 0.3) is 0 Å². The molecule has 0 saturated carbocycles. The van der Waals surface area contributed by atoms with Gasteiger partial charge in [0.1, 0.15) is 5.82 Å². The van der Waals surface area contributed by atoms with Gasteiger partial charge in [0.05, 0.1) is 11.4 Å². The maximum Gasteiger partial charge on any atom is 0.145 e. The number of fused-ring (bicyclic) bond motifs is 3. The zero-order valence-corrected chi connectivity index (χ0v) is 23.6. The van der Waals surface area contributed by atoms with Gasteiger partial charge in [0, 0.05) is 42.6 Å². The molecule has 198 valence electrons. The average molecular weight is 555 g/mol. The minimum absolute atomic E-state index is 0.921. The monoisotopic (exact) mass is 554 g/mol. The summed E-state index contributed by atoms with van der Waals surface area (Å²) in [5.41, 5.74) is 8.88. The highest BCUT2D eigenvalue weighted by molar-refractivity contribution is 7.26. The van der Waals surface area contributed by atoms with Crippen molar-refractivity contribution in [1.82, 2.24) is 9.55 Å². The molecule has 0 aliphatic heterocycles. The molecule has 0 aliphatic rings. The molecule has 0 N–H and O–H groups in total. The molecule has 2 nitrogen and oxygen atoms in total. The molecule has 0 saturated heterocycles. The Morgan fingerprint density at radius 2 is 1.07 bits per heavy atom. The quantitative estimate of drug-likeness (QED) is 0.207. The summed E-state index contributed by atoms with van der Waals surface area (Å²) in [5.74, 6) is 0.921. The van der Waals surface area contributed by atoms with Crippen LogP contribution < -0.4 is 0 Å². The third kappa shape index (κ3) is 4.14. The van der Waals surface area contributed by atoms with E-state index >= 15 is 0 Å². The Hall–Kier alpha value is -5.25. The van der Waals surface area contributed by atoms with Crippen LogP contribution >= 0.6 is 11.3 Å². The first-order chi connectivity index (χ1) is 20.8. The lowest BCUT2D eigenvalue weighted by Gasteiger charge is -2.14. The molecule has 0 spiro atoms. The lowest BCUT2D eigenvalue weighted by atomic mass is 10.0. The number of thiophene rings is 1. The number of rotatable bonds is 5. The van der Waals surface area contributed by atoms with E-state index in [1.54, 1.807) is 0 Å². The lowest BCUT2D eigenvalue weighted by Crippen LogP contribution is -2.00. The van der Waals surface area contributed by atoms with Gasteiger partial charge in [0.2, 0.25) is 0 Å². The van der Waals surface area contributed by atoms with Crippen molar-refractivity contribution in [2.24, 2.45) is 0 Å². The summed E-state index contributed by atoms with van der Waals surface area (Å²) in [7, 11) is 0. The van der Waals surface area contributed by atoms with Crippen LogP contribution in [0.3, 0.4) is 0 Å². The number of para-hydroxylation sites is 1. The molecule has 0 fully saturated rings. The molecule has 8 rings (SSSR count). The van der Waals surface area contributed by atoms with Crippen LogP contribution in [0.2, 0.25) is 0 Å². The number of nitrogens with zero attached hydrogens (tertiary/aromatic N) is 2. The van der Waals surface area contributed by atoms with Crippen molar-refractivity contribution in [3.63, 3.8) is 0 Å². The van der Waals surface area contributed by atoms with Crippen molar-refractivity contribution >= 4 is 31.5 Å². The van der Waals surface area contributed by atoms with Crippen LogP contribution in [0.15, 0.2) is 158 Å². The van der Waals surface area contributed by atoms with E-state index in [0.29, 0.717) is 0 Å². The average Bonchev–Trinajstić information content (AvgIpc) is 3.66. The molecule has 0 atom stereocenters. The van der Waals surface area contributed by atoms with Crippen LogP contribution in [0.25, 0.3) is 70.9 Å². The van der Waals surface area contributed by atoms with Crippen molar-refractivity contribution in [2.75, 3.05) is 0 Å². The molecular formula is C39H26N2S. The van der Waals surface area contributed by atoms with Crippen molar-refractivity contribution in [3.05, 3.63) is 158 Å². The fourth-order valence-corrected chi connectivity index (χ4v) is 7.14. The summed E-state index contributed by atoms with van der Waals surface area (Å²) in [4.78, 5) is 5.40. The van der Waals surface area contributed by atoms with E-state index in [1.807, 2.05) is 11.3 Å². The Bertz CT molecular complexity index is 2180. The fourth-order valence-electron chi connectivity index (χ4n) is 5.90. The lowest BCUT2D eigenvalue weighted by molar-refractivity contribution is 1.07. The van der Waals surface area contributed by atoms with Crippen molar-refractivity contribution in [2.45, 2.75) is 0 Å². The molecule has 0 unspecified atom stereocenters. The van der Waals surface area contributed by atoms with Gasteiger partial charge in [-0.25, -0.2) is 4.98 Å². The van der Waals surface area contributed by atoms with E-state index in [0.717, 1.165) is 39.6 Å². The Kier molecular flexibility index (Phi) is 6.02. The molecule has 0 aliphatic carbocycles. The van der Waals surface area contributed by atoms with E-state index < -0.39 is 0 Å². The molecule has 0 radical (unpaired) electrons. The summed E-state index contributed by atoms with van der Waals surface area (Å²) in [6, 6.07) is 55.9. The third-order valence-corrected chi connectivity index (χ3v) is 9.04. The molecule has 6 aromatic carbocycles. The summed E-state index contributed by atoms with van der Waals surface area (Å²) in [6.45, 7) is 0. The number of benzene rings is 6. The van der Waals surface area contributed by atoms with E-state index in [9.17, 15) is 0 Å². The summed E-state index contributed by atoms with van der Waals surface area (Å²) in [6.07, 6.45) is 0. The van der Waals surface area contributed by atoms with Crippen LogP contribution in [-0.2, 0) is 0 Å². The molecule has 2 heterocycles. The van der Waals surface area contributed by atoms with Gasteiger partial charge in [-0.1, -0.05) is 133 Å². The predicted molar refractivity (Wildman–Crippen MR) is 178 cm³/mol. The maximum atomic E-state index is 5.40. The third-order valence-electron chi connectivity index (χ3n) is 7.82. The van der Waals surface area contributed by atoms with E-state index in [4.69, 9.17) is 4.98 Å². The zero-order valence-electron chi connectivity index (χ0n) is 22.8. The van der Waals surface area contributed by atoms with Crippen LogP contribution in [0.4, 0.5) is 0 Å². The standard InChI is InChI=1S/C39H26N2S/c1-4-14-27(15-5-1)36-37(28-16-6-2-7-17-28)41(31-20-8-3-9-21-31)39(40-36)30-19-12-18-29(26-30)32-23-13-24-34-33-22-10-11-25-35(33)42-38(32)34/h1-26H. The van der Waals surface area contributed by atoms with Gasteiger partial charge >= 0.3 is 0 Å². The number of hydrogen-bond donors (Lipinski definition) is 0. The second-order valence-corrected chi connectivity index (χ2v) is 11.4. The Morgan fingerprint density at radius 3 is 1.86 bits per heavy atom. The highest BCUT2D eigenvalue weighted by atomic mass is 32.1. The number of imidazole rings is 1. The van der Waals surface area contributed by atoms with Crippen molar-refractivity contribution < 1.29 is 0 Å². The van der Waals surface area contributed by atoms with Gasteiger partial charge in [-0.05, 0) is 35.4 Å². The fraction of sp³-hybridized carbons (Fsp3) is 0. The topological polar surface area (TPSA) is 17.8 Å². The van der Waals surface area contributed by atoms with Crippen LogP contribution in [0.5, 0.6) is 0 Å².